The summed E-state index contributed by atoms with van der Waals surface area (Å²) in [4.78, 5) is 17.0. The predicted molar refractivity (Wildman–Crippen MR) is 114 cm³/mol. The Labute approximate surface area is 179 Å². The van der Waals surface area contributed by atoms with Crippen LogP contribution in [-0.4, -0.2) is 41.9 Å². The zero-order chi connectivity index (χ0) is 23.2. The van der Waals surface area contributed by atoms with Crippen LogP contribution in [0.2, 0.25) is 0 Å². The van der Waals surface area contributed by atoms with E-state index >= 15 is 0 Å². The number of allylic oxidation sites excluding steroid dienone is 1. The van der Waals surface area contributed by atoms with Gasteiger partial charge in [0.2, 0.25) is 5.90 Å². The number of aryl methyl sites for hydroxylation is 1. The summed E-state index contributed by atoms with van der Waals surface area (Å²) in [5, 5.41) is 6.52. The van der Waals surface area contributed by atoms with Gasteiger partial charge >= 0.3 is 0 Å². The first-order chi connectivity index (χ1) is 14.6. The number of halogens is 3. The van der Waals surface area contributed by atoms with Crippen molar-refractivity contribution in [3.63, 3.8) is 0 Å². The number of amides is 1. The minimum Gasteiger partial charge on any atom is -0.483 e. The van der Waals surface area contributed by atoms with Crippen molar-refractivity contribution < 1.29 is 22.7 Å². The first-order valence-corrected chi connectivity index (χ1v) is 9.77. The van der Waals surface area contributed by atoms with Crippen LogP contribution >= 0.6 is 0 Å². The monoisotopic (exact) mass is 436 g/mol. The topological polar surface area (TPSA) is 68.5 Å². The molecular weight excluding hydrogens is 409 g/mol. The minimum absolute atomic E-state index is 0.0633. The van der Waals surface area contributed by atoms with Gasteiger partial charge in [-0.1, -0.05) is 19.1 Å². The van der Waals surface area contributed by atoms with E-state index in [9.17, 15) is 18.0 Å². The number of nitrogens with one attached hydrogen (secondary N) is 1. The van der Waals surface area contributed by atoms with Gasteiger partial charge in [-0.25, -0.2) is 18.2 Å². The highest BCUT2D eigenvalue weighted by Gasteiger charge is 2.31. The number of nitrogens with zero attached hydrogens (tertiary/aromatic N) is 3. The Bertz CT molecular complexity index is 996. The molecule has 6 nitrogen and oxygen atoms in total. The number of ether oxygens (including phenoxy) is 1. The molecule has 2 aromatic rings. The third kappa shape index (κ3) is 5.96. The van der Waals surface area contributed by atoms with Crippen LogP contribution in [0.5, 0.6) is 0 Å². The molecule has 0 aliphatic rings. The van der Waals surface area contributed by atoms with Crippen molar-refractivity contribution in [1.82, 2.24) is 15.1 Å². The second-order valence-electron chi connectivity index (χ2n) is 7.25. The average Bonchev–Trinajstić information content (AvgIpc) is 3.15. The molecule has 0 aliphatic heterocycles. The molecule has 1 atom stereocenters. The molecule has 168 valence electrons. The van der Waals surface area contributed by atoms with E-state index in [4.69, 9.17) is 4.74 Å². The van der Waals surface area contributed by atoms with Crippen LogP contribution < -0.4 is 5.32 Å². The van der Waals surface area contributed by atoms with Gasteiger partial charge in [0, 0.05) is 12.6 Å². The molecule has 0 saturated heterocycles. The molecule has 9 heteroatoms. The summed E-state index contributed by atoms with van der Waals surface area (Å²) < 4.78 is 47.2. The molecule has 1 aromatic carbocycles. The van der Waals surface area contributed by atoms with Crippen LogP contribution in [0.15, 0.2) is 40.9 Å². The van der Waals surface area contributed by atoms with Gasteiger partial charge in [-0.15, -0.1) is 0 Å². The number of hydrogen-bond acceptors (Lipinski definition) is 4. The number of aliphatic imine (C=N–C) groups is 1. The average molecular weight is 436 g/mol. The van der Waals surface area contributed by atoms with Gasteiger partial charge in [0.25, 0.3) is 5.91 Å². The third-order valence-electron chi connectivity index (χ3n) is 4.80. The fourth-order valence-electron chi connectivity index (χ4n) is 2.74. The second kappa shape index (κ2) is 10.3. The number of hydrogen-bond donors (Lipinski definition) is 1. The Morgan fingerprint density at radius 2 is 2.06 bits per heavy atom. The van der Waals surface area contributed by atoms with E-state index in [2.05, 4.69) is 15.4 Å². The smallest absolute Gasteiger partial charge is 0.269 e. The Balaban J connectivity index is 2.24. The molecule has 2 rings (SSSR count). The van der Waals surface area contributed by atoms with Crippen LogP contribution in [0.25, 0.3) is 5.70 Å². The maximum Gasteiger partial charge on any atom is 0.269 e. The third-order valence-corrected chi connectivity index (χ3v) is 4.80. The molecule has 0 bridgehead atoms. The largest absolute Gasteiger partial charge is 0.483 e. The number of carbonyl (C=O) groups is 1. The Kier molecular flexibility index (Phi) is 8.01. The molecular formula is C22H27F3N4O2. The van der Waals surface area contributed by atoms with E-state index in [1.54, 1.807) is 12.1 Å². The molecule has 0 saturated carbocycles. The van der Waals surface area contributed by atoms with Crippen molar-refractivity contribution >= 4 is 17.5 Å². The van der Waals surface area contributed by atoms with Crippen molar-refractivity contribution in [2.45, 2.75) is 32.9 Å². The van der Waals surface area contributed by atoms with Gasteiger partial charge < -0.3 is 10.1 Å². The van der Waals surface area contributed by atoms with Crippen molar-refractivity contribution in [3.05, 3.63) is 58.7 Å². The molecule has 1 unspecified atom stereocenters. The van der Waals surface area contributed by atoms with E-state index in [1.165, 1.54) is 37.0 Å². The van der Waals surface area contributed by atoms with Crippen molar-refractivity contribution in [1.29, 1.82) is 0 Å². The number of rotatable bonds is 8. The number of carbonyl (C=O) groups excluding carboxylic acids is 1. The standard InChI is InChI=1S/C22H27F3N4O2/c1-6-14(2)20(15-8-7-9-16(24)10-15)27-19(31-5)12-26-21(30)17-11-18(28-29(17)4)22(3,25)13-23/h7-11H,6,12-13H2,1-5H3,(H,26,30). The van der Waals surface area contributed by atoms with E-state index < -0.39 is 18.3 Å². The maximum absolute atomic E-state index is 14.2. The fourth-order valence-corrected chi connectivity index (χ4v) is 2.74. The summed E-state index contributed by atoms with van der Waals surface area (Å²) in [5.74, 6) is -0.743. The normalized spacial score (nSPS) is 14.6. The minimum atomic E-state index is -2.28. The van der Waals surface area contributed by atoms with Crippen molar-refractivity contribution in [2.24, 2.45) is 12.0 Å². The molecule has 0 spiro atoms. The summed E-state index contributed by atoms with van der Waals surface area (Å²) in [6, 6.07) is 7.26. The molecule has 31 heavy (non-hydrogen) atoms. The van der Waals surface area contributed by atoms with Crippen LogP contribution in [0.1, 0.15) is 48.9 Å². The lowest BCUT2D eigenvalue weighted by molar-refractivity contribution is 0.0948. The summed E-state index contributed by atoms with van der Waals surface area (Å²) in [7, 11) is 2.88. The quantitative estimate of drug-likeness (QED) is 0.495. The summed E-state index contributed by atoms with van der Waals surface area (Å²) in [6.07, 6.45) is 0.688. The summed E-state index contributed by atoms with van der Waals surface area (Å²) in [5.41, 5.74) is -0.336. The Morgan fingerprint density at radius 3 is 2.65 bits per heavy atom. The highest BCUT2D eigenvalue weighted by atomic mass is 19.2. The number of benzene rings is 1. The van der Waals surface area contributed by atoms with Crippen LogP contribution in [0.3, 0.4) is 0 Å². The Hall–Kier alpha value is -3.10. The van der Waals surface area contributed by atoms with Crippen LogP contribution in [0.4, 0.5) is 13.2 Å². The number of alkyl halides is 2. The van der Waals surface area contributed by atoms with Crippen molar-refractivity contribution in [2.75, 3.05) is 20.3 Å². The molecule has 0 fully saturated rings. The lowest BCUT2D eigenvalue weighted by Gasteiger charge is -2.12. The van der Waals surface area contributed by atoms with Gasteiger partial charge in [-0.3, -0.25) is 9.48 Å². The highest BCUT2D eigenvalue weighted by Crippen LogP contribution is 2.25. The predicted octanol–water partition coefficient (Wildman–Crippen LogP) is 4.33. The zero-order valence-corrected chi connectivity index (χ0v) is 18.3. The summed E-state index contributed by atoms with van der Waals surface area (Å²) in [6.45, 7) is 3.57. The van der Waals surface area contributed by atoms with Gasteiger partial charge in [0.15, 0.2) is 5.67 Å². The van der Waals surface area contributed by atoms with Gasteiger partial charge in [0.05, 0.1) is 19.4 Å². The lowest BCUT2D eigenvalue weighted by Crippen LogP contribution is -2.31. The van der Waals surface area contributed by atoms with Gasteiger partial charge in [0.1, 0.15) is 23.9 Å². The summed E-state index contributed by atoms with van der Waals surface area (Å²) >= 11 is 0. The first kappa shape index (κ1) is 24.2. The van der Waals surface area contributed by atoms with Crippen LogP contribution in [-0.2, 0) is 17.5 Å². The molecule has 1 amide bonds. The van der Waals surface area contributed by atoms with E-state index in [0.29, 0.717) is 17.7 Å². The van der Waals surface area contributed by atoms with E-state index in [1.807, 2.05) is 13.8 Å². The highest BCUT2D eigenvalue weighted by molar-refractivity contribution is 5.96. The van der Waals surface area contributed by atoms with E-state index in [0.717, 1.165) is 12.5 Å². The number of aromatic nitrogens is 2. The molecule has 1 aromatic heterocycles. The number of methoxy groups -OCH3 is 1. The molecule has 0 radical (unpaired) electrons. The van der Waals surface area contributed by atoms with Crippen LogP contribution in [0, 0.1) is 5.82 Å². The van der Waals surface area contributed by atoms with Gasteiger partial charge in [-0.2, -0.15) is 5.10 Å². The second-order valence-corrected chi connectivity index (χ2v) is 7.25. The lowest BCUT2D eigenvalue weighted by atomic mass is 10.1. The fraction of sp³-hybridized carbons (Fsp3) is 0.409. The van der Waals surface area contributed by atoms with Crippen molar-refractivity contribution in [3.8, 4) is 0 Å². The first-order valence-electron chi connectivity index (χ1n) is 9.77. The maximum atomic E-state index is 14.2. The Morgan fingerprint density at radius 1 is 1.35 bits per heavy atom. The van der Waals surface area contributed by atoms with E-state index in [-0.39, 0.29) is 29.6 Å². The molecule has 1 N–H and O–H groups in total. The molecule has 0 aliphatic carbocycles. The SMILES string of the molecule is CCC(C)=C(N=C(CNC(=O)c1cc(C(C)(F)CF)nn1C)OC)c1cccc(F)c1. The van der Waals surface area contributed by atoms with Gasteiger partial charge in [-0.05, 0) is 44.0 Å². The zero-order valence-electron chi connectivity index (χ0n) is 18.3. The molecule has 1 heterocycles.